The third kappa shape index (κ3) is 3.51. The molecule has 0 aliphatic rings. The van der Waals surface area contributed by atoms with E-state index in [1.165, 1.54) is 0 Å². The van der Waals surface area contributed by atoms with E-state index >= 15 is 0 Å². The van der Waals surface area contributed by atoms with Crippen molar-refractivity contribution in [1.82, 2.24) is 4.98 Å². The Labute approximate surface area is 109 Å². The maximum Gasteiger partial charge on any atom is 0.140 e. The highest BCUT2D eigenvalue weighted by molar-refractivity contribution is 7.83. The van der Waals surface area contributed by atoms with Gasteiger partial charge in [-0.3, -0.25) is 4.21 Å². The second-order valence-corrected chi connectivity index (χ2v) is 5.33. The van der Waals surface area contributed by atoms with E-state index in [9.17, 15) is 4.21 Å². The van der Waals surface area contributed by atoms with E-state index < -0.39 is 10.8 Å². The van der Waals surface area contributed by atoms with E-state index in [0.717, 1.165) is 11.1 Å². The van der Waals surface area contributed by atoms with Gasteiger partial charge in [0.2, 0.25) is 0 Å². The van der Waals surface area contributed by atoms with Crippen molar-refractivity contribution in [3.05, 3.63) is 65.5 Å². The highest BCUT2D eigenvalue weighted by Gasteiger charge is 2.04. The zero-order valence-corrected chi connectivity index (χ0v) is 10.6. The van der Waals surface area contributed by atoms with Crippen LogP contribution in [0.4, 0.5) is 0 Å². The summed E-state index contributed by atoms with van der Waals surface area (Å²) in [5.41, 5.74) is 2.31. The van der Waals surface area contributed by atoms with Gasteiger partial charge in [0.1, 0.15) is 11.8 Å². The summed E-state index contributed by atoms with van der Waals surface area (Å²) >= 11 is 0. The lowest BCUT2D eigenvalue weighted by atomic mass is 10.2. The Morgan fingerprint density at radius 3 is 2.56 bits per heavy atom. The van der Waals surface area contributed by atoms with Crippen LogP contribution in [0.5, 0.6) is 0 Å². The topological polar surface area (TPSA) is 53.8 Å². The van der Waals surface area contributed by atoms with Crippen molar-refractivity contribution in [2.75, 3.05) is 0 Å². The Kier molecular flexibility index (Phi) is 4.21. The lowest BCUT2D eigenvalue weighted by Gasteiger charge is -2.03. The quantitative estimate of drug-likeness (QED) is 0.844. The van der Waals surface area contributed by atoms with Crippen LogP contribution in [0.25, 0.3) is 0 Å². The van der Waals surface area contributed by atoms with Crippen molar-refractivity contribution in [3.63, 3.8) is 0 Å². The molecule has 0 aliphatic heterocycles. The normalized spacial score (nSPS) is 11.7. The predicted molar refractivity (Wildman–Crippen MR) is 70.9 cm³/mol. The van der Waals surface area contributed by atoms with E-state index in [-0.39, 0.29) is 0 Å². The molecule has 0 saturated carbocycles. The lowest BCUT2D eigenvalue weighted by Crippen LogP contribution is -2.00. The van der Waals surface area contributed by atoms with Crippen LogP contribution < -0.4 is 0 Å². The molecule has 3 nitrogen and oxygen atoms in total. The Hall–Kier alpha value is -1.99. The molecule has 1 aromatic heterocycles. The van der Waals surface area contributed by atoms with Crippen LogP contribution in [0, 0.1) is 11.3 Å². The molecule has 0 radical (unpaired) electrons. The molecule has 4 heteroatoms. The zero-order valence-electron chi connectivity index (χ0n) is 9.74. The van der Waals surface area contributed by atoms with E-state index in [2.05, 4.69) is 4.98 Å². The van der Waals surface area contributed by atoms with E-state index in [1.807, 2.05) is 36.4 Å². The molecule has 18 heavy (non-hydrogen) atoms. The minimum absolute atomic E-state index is 0.365. The van der Waals surface area contributed by atoms with Crippen molar-refractivity contribution in [3.8, 4) is 6.07 Å². The third-order valence-corrected chi connectivity index (χ3v) is 3.75. The molecule has 0 N–H and O–H groups in total. The molecule has 1 heterocycles. The van der Waals surface area contributed by atoms with Gasteiger partial charge in [-0.25, -0.2) is 4.98 Å². The van der Waals surface area contributed by atoms with Crippen molar-refractivity contribution >= 4 is 10.8 Å². The van der Waals surface area contributed by atoms with Crippen LogP contribution in [0.1, 0.15) is 16.8 Å². The predicted octanol–water partition coefficient (Wildman–Crippen LogP) is 2.40. The van der Waals surface area contributed by atoms with Crippen LogP contribution >= 0.6 is 0 Å². The molecule has 2 rings (SSSR count). The number of hydrogen-bond donors (Lipinski definition) is 0. The first-order valence-electron chi connectivity index (χ1n) is 5.52. The summed E-state index contributed by atoms with van der Waals surface area (Å²) in [6, 6.07) is 15.2. The molecule has 0 amide bonds. The molecule has 0 fully saturated rings. The van der Waals surface area contributed by atoms with Crippen molar-refractivity contribution in [1.29, 1.82) is 5.26 Å². The molecule has 1 unspecified atom stereocenters. The molecule has 0 bridgehead atoms. The summed E-state index contributed by atoms with van der Waals surface area (Å²) in [4.78, 5) is 3.89. The number of aromatic nitrogens is 1. The number of nitrogens with zero attached hydrogens (tertiary/aromatic N) is 2. The summed E-state index contributed by atoms with van der Waals surface area (Å²) in [6.45, 7) is 0. The molecular formula is C14H12N2OS. The summed E-state index contributed by atoms with van der Waals surface area (Å²) in [6.07, 6.45) is 1.58. The molecule has 1 aromatic carbocycles. The van der Waals surface area contributed by atoms with E-state index in [0.29, 0.717) is 17.2 Å². The Morgan fingerprint density at radius 1 is 1.11 bits per heavy atom. The maximum absolute atomic E-state index is 12.0. The summed E-state index contributed by atoms with van der Waals surface area (Å²) in [5.74, 6) is 0.983. The summed E-state index contributed by atoms with van der Waals surface area (Å²) in [5, 5.41) is 8.74. The van der Waals surface area contributed by atoms with Crippen molar-refractivity contribution in [2.45, 2.75) is 11.5 Å². The van der Waals surface area contributed by atoms with E-state index in [4.69, 9.17) is 5.26 Å². The van der Waals surface area contributed by atoms with E-state index in [1.54, 1.807) is 18.3 Å². The monoisotopic (exact) mass is 256 g/mol. The van der Waals surface area contributed by atoms with Crippen LogP contribution in [0.2, 0.25) is 0 Å². The largest absolute Gasteiger partial charge is 0.259 e. The van der Waals surface area contributed by atoms with Gasteiger partial charge in [-0.1, -0.05) is 30.3 Å². The molecule has 90 valence electrons. The average molecular weight is 256 g/mol. The molecular weight excluding hydrogens is 244 g/mol. The lowest BCUT2D eigenvalue weighted by molar-refractivity contribution is 0.682. The zero-order chi connectivity index (χ0) is 12.8. The average Bonchev–Trinajstić information content (AvgIpc) is 2.40. The fourth-order valence-corrected chi connectivity index (χ4v) is 2.84. The first kappa shape index (κ1) is 12.5. The van der Waals surface area contributed by atoms with Gasteiger partial charge in [0.25, 0.3) is 0 Å². The number of pyridine rings is 1. The van der Waals surface area contributed by atoms with Crippen LogP contribution in [-0.2, 0) is 22.3 Å². The number of hydrogen-bond acceptors (Lipinski definition) is 3. The summed E-state index contributed by atoms with van der Waals surface area (Å²) in [7, 11) is -0.969. The first-order valence-corrected chi connectivity index (χ1v) is 7.00. The number of rotatable bonds is 4. The fourth-order valence-electron chi connectivity index (χ4n) is 1.62. The first-order chi connectivity index (χ1) is 8.78. The standard InChI is InChI=1S/C14H12N2OS/c15-9-14-8-13(6-7-16-14)11-18(17)10-12-4-2-1-3-5-12/h1-8H,10-11H2. The van der Waals surface area contributed by atoms with Crippen molar-refractivity contribution in [2.24, 2.45) is 0 Å². The summed E-state index contributed by atoms with van der Waals surface area (Å²) < 4.78 is 12.0. The van der Waals surface area contributed by atoms with Crippen LogP contribution in [0.3, 0.4) is 0 Å². The minimum atomic E-state index is -0.969. The third-order valence-electron chi connectivity index (χ3n) is 2.44. The van der Waals surface area contributed by atoms with Crippen LogP contribution in [-0.4, -0.2) is 9.19 Å². The van der Waals surface area contributed by atoms with Gasteiger partial charge >= 0.3 is 0 Å². The molecule has 0 saturated heterocycles. The van der Waals surface area contributed by atoms with Gasteiger partial charge in [0.05, 0.1) is 0 Å². The molecule has 1 atom stereocenters. The van der Waals surface area contributed by atoms with Gasteiger partial charge in [0.15, 0.2) is 0 Å². The van der Waals surface area contributed by atoms with Gasteiger partial charge in [-0.15, -0.1) is 0 Å². The molecule has 0 aliphatic carbocycles. The van der Waals surface area contributed by atoms with Crippen molar-refractivity contribution < 1.29 is 4.21 Å². The van der Waals surface area contributed by atoms with Gasteiger partial charge < -0.3 is 0 Å². The second kappa shape index (κ2) is 6.08. The maximum atomic E-state index is 12.0. The highest BCUT2D eigenvalue weighted by atomic mass is 32.2. The Balaban J connectivity index is 2.01. The Morgan fingerprint density at radius 2 is 1.83 bits per heavy atom. The Bertz CT molecular complexity index is 590. The fraction of sp³-hybridized carbons (Fsp3) is 0.143. The highest BCUT2D eigenvalue weighted by Crippen LogP contribution is 2.09. The minimum Gasteiger partial charge on any atom is -0.259 e. The van der Waals surface area contributed by atoms with Crippen LogP contribution in [0.15, 0.2) is 48.7 Å². The van der Waals surface area contributed by atoms with Gasteiger partial charge in [-0.2, -0.15) is 5.26 Å². The second-order valence-electron chi connectivity index (χ2n) is 3.88. The number of benzene rings is 1. The molecule has 0 spiro atoms. The number of nitriles is 1. The smallest absolute Gasteiger partial charge is 0.140 e. The van der Waals surface area contributed by atoms with Gasteiger partial charge in [-0.05, 0) is 23.3 Å². The SMILES string of the molecule is N#Cc1cc(CS(=O)Cc2ccccc2)ccn1. The van der Waals surface area contributed by atoms with Gasteiger partial charge in [0, 0.05) is 28.5 Å². The molecule has 2 aromatic rings.